The third-order valence-corrected chi connectivity index (χ3v) is 3.56. The summed E-state index contributed by atoms with van der Waals surface area (Å²) in [6, 6.07) is 12.5. The Labute approximate surface area is 132 Å². The lowest BCUT2D eigenvalue weighted by Gasteiger charge is -2.33. The first-order chi connectivity index (χ1) is 11.0. The zero-order valence-electron chi connectivity index (χ0n) is 12.5. The highest BCUT2D eigenvalue weighted by atomic mass is 19.1. The Morgan fingerprint density at radius 1 is 1.17 bits per heavy atom. The highest BCUT2D eigenvalue weighted by Crippen LogP contribution is 2.33. The maximum absolute atomic E-state index is 12.9. The second-order valence-electron chi connectivity index (χ2n) is 5.20. The lowest BCUT2D eigenvalue weighted by Crippen LogP contribution is -2.48. The maximum atomic E-state index is 12.9. The first-order valence-electron chi connectivity index (χ1n) is 7.15. The molecule has 1 aliphatic rings. The van der Waals surface area contributed by atoms with Gasteiger partial charge in [0.2, 0.25) is 5.91 Å². The molecule has 1 heterocycles. The van der Waals surface area contributed by atoms with E-state index in [2.05, 4.69) is 5.32 Å². The van der Waals surface area contributed by atoms with Gasteiger partial charge in [0.25, 0.3) is 5.91 Å². The van der Waals surface area contributed by atoms with E-state index in [1.54, 1.807) is 24.3 Å². The van der Waals surface area contributed by atoms with Crippen LogP contribution in [-0.2, 0) is 9.59 Å². The first kappa shape index (κ1) is 15.0. The van der Waals surface area contributed by atoms with Crippen LogP contribution in [0, 0.1) is 5.82 Å². The van der Waals surface area contributed by atoms with E-state index in [1.807, 2.05) is 0 Å². The minimum Gasteiger partial charge on any atom is -0.476 e. The van der Waals surface area contributed by atoms with Crippen molar-refractivity contribution in [3.05, 3.63) is 54.3 Å². The summed E-state index contributed by atoms with van der Waals surface area (Å²) in [5, 5.41) is 2.66. The molecular formula is C17H15FN2O3. The third-order valence-electron chi connectivity index (χ3n) is 3.56. The van der Waals surface area contributed by atoms with Gasteiger partial charge in [0, 0.05) is 12.6 Å². The Kier molecular flexibility index (Phi) is 3.97. The Bertz CT molecular complexity index is 746. The summed E-state index contributed by atoms with van der Waals surface area (Å²) in [5.41, 5.74) is 1.11. The number of amides is 2. The Balaban J connectivity index is 1.79. The number of anilines is 2. The number of carbonyl (C=O) groups is 2. The van der Waals surface area contributed by atoms with Crippen LogP contribution in [-0.4, -0.2) is 24.5 Å². The van der Waals surface area contributed by atoms with Crippen molar-refractivity contribution in [3.8, 4) is 5.75 Å². The molecule has 1 atom stereocenters. The van der Waals surface area contributed by atoms with Crippen LogP contribution in [0.1, 0.15) is 6.92 Å². The van der Waals surface area contributed by atoms with Gasteiger partial charge in [-0.1, -0.05) is 12.1 Å². The topological polar surface area (TPSA) is 58.6 Å². The summed E-state index contributed by atoms with van der Waals surface area (Å²) in [6.45, 7) is 1.57. The van der Waals surface area contributed by atoms with Crippen LogP contribution < -0.4 is 15.0 Å². The summed E-state index contributed by atoms with van der Waals surface area (Å²) in [6.07, 6.45) is -0.834. The molecule has 2 aromatic rings. The molecule has 5 nitrogen and oxygen atoms in total. The van der Waals surface area contributed by atoms with Crippen molar-refractivity contribution < 1.29 is 18.7 Å². The highest BCUT2D eigenvalue weighted by Gasteiger charge is 2.32. The van der Waals surface area contributed by atoms with Gasteiger partial charge in [-0.3, -0.25) is 9.59 Å². The van der Waals surface area contributed by atoms with Gasteiger partial charge in [0.1, 0.15) is 11.6 Å². The van der Waals surface area contributed by atoms with Crippen molar-refractivity contribution in [1.82, 2.24) is 0 Å². The minimum atomic E-state index is -0.834. The van der Waals surface area contributed by atoms with Crippen molar-refractivity contribution >= 4 is 23.2 Å². The van der Waals surface area contributed by atoms with Crippen LogP contribution in [0.15, 0.2) is 48.5 Å². The number of benzene rings is 2. The predicted molar refractivity (Wildman–Crippen MR) is 83.9 cm³/mol. The summed E-state index contributed by atoms with van der Waals surface area (Å²) in [5.74, 6) is -0.459. The van der Waals surface area contributed by atoms with Crippen molar-refractivity contribution in [2.45, 2.75) is 13.0 Å². The molecule has 0 spiro atoms. The van der Waals surface area contributed by atoms with Crippen LogP contribution in [0.3, 0.4) is 0 Å². The zero-order chi connectivity index (χ0) is 16.4. The number of fused-ring (bicyclic) bond motifs is 1. The first-order valence-corrected chi connectivity index (χ1v) is 7.15. The van der Waals surface area contributed by atoms with Crippen molar-refractivity contribution in [1.29, 1.82) is 0 Å². The van der Waals surface area contributed by atoms with Crippen LogP contribution in [0.25, 0.3) is 0 Å². The monoisotopic (exact) mass is 314 g/mol. The number of ether oxygens (including phenoxy) is 1. The van der Waals surface area contributed by atoms with E-state index in [4.69, 9.17) is 4.74 Å². The average molecular weight is 314 g/mol. The van der Waals surface area contributed by atoms with E-state index >= 15 is 0 Å². The predicted octanol–water partition coefficient (Wildman–Crippen LogP) is 2.58. The molecule has 2 aromatic carbocycles. The Morgan fingerprint density at radius 2 is 1.87 bits per heavy atom. The molecule has 0 fully saturated rings. The van der Waals surface area contributed by atoms with Gasteiger partial charge in [-0.25, -0.2) is 4.39 Å². The third kappa shape index (κ3) is 3.15. The molecular weight excluding hydrogens is 299 g/mol. The molecule has 1 aliphatic heterocycles. The van der Waals surface area contributed by atoms with E-state index in [9.17, 15) is 14.0 Å². The van der Waals surface area contributed by atoms with Gasteiger partial charge in [-0.15, -0.1) is 0 Å². The van der Waals surface area contributed by atoms with Gasteiger partial charge >= 0.3 is 0 Å². The molecule has 23 heavy (non-hydrogen) atoms. The zero-order valence-corrected chi connectivity index (χ0v) is 12.5. The van der Waals surface area contributed by atoms with E-state index in [0.29, 0.717) is 17.1 Å². The fourth-order valence-electron chi connectivity index (χ4n) is 2.43. The Hall–Kier alpha value is -2.89. The number of carbonyl (C=O) groups excluding carboxylic acids is 2. The number of nitrogens with one attached hydrogen (secondary N) is 1. The molecule has 0 bridgehead atoms. The van der Waals surface area contributed by atoms with Crippen molar-refractivity contribution in [2.24, 2.45) is 0 Å². The smallest absolute Gasteiger partial charge is 0.267 e. The molecule has 0 saturated heterocycles. The van der Waals surface area contributed by atoms with Crippen molar-refractivity contribution in [2.75, 3.05) is 16.8 Å². The molecule has 0 aromatic heterocycles. The molecule has 1 N–H and O–H groups in total. The molecule has 0 radical (unpaired) electrons. The van der Waals surface area contributed by atoms with Crippen LogP contribution >= 0.6 is 0 Å². The standard InChI is InChI=1S/C17H15FN2O3/c1-11(21)20-10-16(23-15-5-3-2-4-14(15)20)17(22)19-13-8-6-12(18)7-9-13/h2-9,16H,10H2,1H3,(H,19,22)/t16-/m0/s1. The quantitative estimate of drug-likeness (QED) is 0.927. The summed E-state index contributed by atoms with van der Waals surface area (Å²) >= 11 is 0. The van der Waals surface area contributed by atoms with E-state index in [1.165, 1.54) is 36.1 Å². The average Bonchev–Trinajstić information content (AvgIpc) is 2.55. The Morgan fingerprint density at radius 3 is 2.57 bits per heavy atom. The summed E-state index contributed by atoms with van der Waals surface area (Å²) in [7, 11) is 0. The summed E-state index contributed by atoms with van der Waals surface area (Å²) < 4.78 is 18.6. The second kappa shape index (κ2) is 6.08. The fraction of sp³-hybridized carbons (Fsp3) is 0.176. The maximum Gasteiger partial charge on any atom is 0.267 e. The summed E-state index contributed by atoms with van der Waals surface area (Å²) in [4.78, 5) is 25.7. The largest absolute Gasteiger partial charge is 0.476 e. The van der Waals surface area contributed by atoms with Gasteiger partial charge in [-0.05, 0) is 36.4 Å². The molecule has 0 saturated carbocycles. The number of hydrogen-bond donors (Lipinski definition) is 1. The van der Waals surface area contributed by atoms with E-state index < -0.39 is 12.0 Å². The molecule has 0 unspecified atom stereocenters. The van der Waals surface area contributed by atoms with Crippen LogP contribution in [0.2, 0.25) is 0 Å². The normalized spacial score (nSPS) is 16.3. The SMILES string of the molecule is CC(=O)N1C[C@@H](C(=O)Nc2ccc(F)cc2)Oc2ccccc21. The van der Waals surface area contributed by atoms with E-state index in [-0.39, 0.29) is 18.3 Å². The second-order valence-corrected chi connectivity index (χ2v) is 5.20. The molecule has 2 amide bonds. The molecule has 3 rings (SSSR count). The van der Waals surface area contributed by atoms with E-state index in [0.717, 1.165) is 0 Å². The van der Waals surface area contributed by atoms with Gasteiger partial charge in [0.15, 0.2) is 6.10 Å². The number of hydrogen-bond acceptors (Lipinski definition) is 3. The minimum absolute atomic E-state index is 0.124. The van der Waals surface area contributed by atoms with Crippen LogP contribution in [0.4, 0.5) is 15.8 Å². The van der Waals surface area contributed by atoms with Crippen molar-refractivity contribution in [3.63, 3.8) is 0 Å². The molecule has 118 valence electrons. The lowest BCUT2D eigenvalue weighted by molar-refractivity contribution is -0.123. The fourth-order valence-corrected chi connectivity index (χ4v) is 2.43. The lowest BCUT2D eigenvalue weighted by atomic mass is 10.1. The number of halogens is 1. The number of nitrogens with zero attached hydrogens (tertiary/aromatic N) is 1. The number of para-hydroxylation sites is 2. The van der Waals surface area contributed by atoms with Gasteiger partial charge in [0.05, 0.1) is 12.2 Å². The number of rotatable bonds is 2. The van der Waals surface area contributed by atoms with Gasteiger partial charge < -0.3 is 15.0 Å². The molecule has 0 aliphatic carbocycles. The van der Waals surface area contributed by atoms with Gasteiger partial charge in [-0.2, -0.15) is 0 Å². The molecule has 6 heteroatoms. The van der Waals surface area contributed by atoms with Crippen LogP contribution in [0.5, 0.6) is 5.75 Å². The highest BCUT2D eigenvalue weighted by molar-refractivity contribution is 5.99.